The van der Waals surface area contributed by atoms with Crippen LogP contribution in [0.15, 0.2) is 38.6 Å². The third-order valence-electron chi connectivity index (χ3n) is 2.05. The molecule has 7 heteroatoms. The Kier molecular flexibility index (Phi) is 6.17. The van der Waals surface area contributed by atoms with Crippen molar-refractivity contribution >= 4 is 51.6 Å². The number of ether oxygens (including phenoxy) is 1. The van der Waals surface area contributed by atoms with Crippen LogP contribution in [-0.2, 0) is 9.05 Å². The van der Waals surface area contributed by atoms with Crippen molar-refractivity contribution in [1.82, 2.24) is 0 Å². The van der Waals surface area contributed by atoms with Crippen molar-refractivity contribution < 1.29 is 13.2 Å². The van der Waals surface area contributed by atoms with Gasteiger partial charge in [0.1, 0.15) is 5.75 Å². The molecule has 0 N–H and O–H groups in total. The van der Waals surface area contributed by atoms with Gasteiger partial charge in [0.2, 0.25) is 0 Å². The minimum absolute atomic E-state index is 0.0151. The second-order valence-electron chi connectivity index (χ2n) is 3.43. The number of hydrogen-bond donors (Lipinski definition) is 0. The molecule has 100 valence electrons. The maximum atomic E-state index is 11.2. The largest absolute Gasteiger partial charge is 0.491 e. The highest BCUT2D eigenvalue weighted by Gasteiger charge is 2.16. The summed E-state index contributed by atoms with van der Waals surface area (Å²) in [6.45, 7) is 4.15. The second-order valence-corrected chi connectivity index (χ2v) is 7.71. The topological polar surface area (TPSA) is 43.4 Å². The summed E-state index contributed by atoms with van der Waals surface area (Å²) in [4.78, 5) is 0.0151. The summed E-state index contributed by atoms with van der Waals surface area (Å²) in [6.07, 6.45) is 3.53. The zero-order valence-electron chi connectivity index (χ0n) is 9.33. The van der Waals surface area contributed by atoms with Crippen LogP contribution >= 0.6 is 42.5 Å². The van der Waals surface area contributed by atoms with Gasteiger partial charge in [0.05, 0.1) is 20.4 Å². The highest BCUT2D eigenvalue weighted by Crippen LogP contribution is 2.36. The quantitative estimate of drug-likeness (QED) is 0.389. The fourth-order valence-electron chi connectivity index (χ4n) is 1.22. The zero-order valence-corrected chi connectivity index (χ0v) is 14.1. The summed E-state index contributed by atoms with van der Waals surface area (Å²) in [6, 6.07) is 2.83. The van der Waals surface area contributed by atoms with Crippen LogP contribution in [0, 0.1) is 0 Å². The first-order valence-corrected chi connectivity index (χ1v) is 8.93. The minimum atomic E-state index is -3.75. The minimum Gasteiger partial charge on any atom is -0.491 e. The van der Waals surface area contributed by atoms with Crippen LogP contribution < -0.4 is 4.74 Å². The van der Waals surface area contributed by atoms with Crippen LogP contribution in [0.5, 0.6) is 5.75 Å². The van der Waals surface area contributed by atoms with Gasteiger partial charge in [-0.15, -0.1) is 6.58 Å². The van der Waals surface area contributed by atoms with E-state index in [1.54, 1.807) is 0 Å². The van der Waals surface area contributed by atoms with E-state index < -0.39 is 9.05 Å². The Bertz CT molecular complexity index is 520. The smallest absolute Gasteiger partial charge is 0.261 e. The number of allylic oxidation sites excluding steroid dienone is 1. The Balaban J connectivity index is 2.92. The molecule has 0 unspecified atom stereocenters. The predicted molar refractivity (Wildman–Crippen MR) is 79.8 cm³/mol. The Hall–Kier alpha value is -0.0400. The molecule has 0 fully saturated rings. The fourth-order valence-corrected chi connectivity index (χ4v) is 3.72. The molecule has 0 amide bonds. The van der Waals surface area contributed by atoms with Crippen LogP contribution in [0.3, 0.4) is 0 Å². The van der Waals surface area contributed by atoms with Gasteiger partial charge in [-0.2, -0.15) is 0 Å². The van der Waals surface area contributed by atoms with Crippen molar-refractivity contribution in [2.24, 2.45) is 0 Å². The molecule has 0 spiro atoms. The molecule has 0 aliphatic heterocycles. The molecule has 0 saturated carbocycles. The first-order chi connectivity index (χ1) is 8.36. The number of unbranched alkanes of at least 4 members (excludes halogenated alkanes) is 1. The number of benzene rings is 1. The summed E-state index contributed by atoms with van der Waals surface area (Å²) in [5.41, 5.74) is 0. The van der Waals surface area contributed by atoms with E-state index in [2.05, 4.69) is 38.4 Å². The lowest BCUT2D eigenvalue weighted by molar-refractivity contribution is 0.308. The lowest BCUT2D eigenvalue weighted by Crippen LogP contribution is -2.00. The maximum absolute atomic E-state index is 11.2. The normalized spacial score (nSPS) is 11.3. The van der Waals surface area contributed by atoms with Crippen molar-refractivity contribution in [1.29, 1.82) is 0 Å². The van der Waals surface area contributed by atoms with Crippen LogP contribution in [0.25, 0.3) is 0 Å². The van der Waals surface area contributed by atoms with Gasteiger partial charge in [-0.3, -0.25) is 0 Å². The van der Waals surface area contributed by atoms with Crippen LogP contribution in [0.4, 0.5) is 0 Å². The molecule has 18 heavy (non-hydrogen) atoms. The van der Waals surface area contributed by atoms with Gasteiger partial charge < -0.3 is 4.74 Å². The molecule has 0 aliphatic rings. The lowest BCUT2D eigenvalue weighted by Gasteiger charge is -2.11. The average molecular weight is 419 g/mol. The summed E-state index contributed by atoms with van der Waals surface area (Å²) in [7, 11) is 1.53. The summed E-state index contributed by atoms with van der Waals surface area (Å²) < 4.78 is 29.1. The Morgan fingerprint density at radius 3 is 2.33 bits per heavy atom. The summed E-state index contributed by atoms with van der Waals surface area (Å²) >= 11 is 6.52. The number of rotatable bonds is 6. The van der Waals surface area contributed by atoms with E-state index in [0.717, 1.165) is 12.8 Å². The van der Waals surface area contributed by atoms with Crippen LogP contribution in [0.2, 0.25) is 0 Å². The van der Waals surface area contributed by atoms with Crippen LogP contribution in [-0.4, -0.2) is 15.0 Å². The highest BCUT2D eigenvalue weighted by atomic mass is 79.9. The Morgan fingerprint density at radius 1 is 1.33 bits per heavy atom. The number of hydrogen-bond acceptors (Lipinski definition) is 3. The maximum Gasteiger partial charge on any atom is 0.261 e. The van der Waals surface area contributed by atoms with E-state index in [9.17, 15) is 8.42 Å². The molecule has 0 atom stereocenters. The van der Waals surface area contributed by atoms with Gasteiger partial charge in [-0.1, -0.05) is 6.08 Å². The fraction of sp³-hybridized carbons (Fsp3) is 0.273. The third-order valence-corrected chi connectivity index (χ3v) is 4.56. The molecule has 0 saturated heterocycles. The molecule has 0 heterocycles. The van der Waals surface area contributed by atoms with Crippen molar-refractivity contribution in [2.45, 2.75) is 17.7 Å². The van der Waals surface area contributed by atoms with Gasteiger partial charge in [0.15, 0.2) is 0 Å². The first kappa shape index (κ1) is 16.0. The first-order valence-electron chi connectivity index (χ1n) is 5.03. The van der Waals surface area contributed by atoms with E-state index in [1.165, 1.54) is 12.1 Å². The van der Waals surface area contributed by atoms with Gasteiger partial charge >= 0.3 is 0 Å². The van der Waals surface area contributed by atoms with Gasteiger partial charge in [-0.25, -0.2) is 8.42 Å². The molecule has 1 aromatic rings. The third kappa shape index (κ3) is 4.57. The molecular weight excluding hydrogens is 407 g/mol. The molecule has 0 aliphatic carbocycles. The molecule has 1 aromatic carbocycles. The van der Waals surface area contributed by atoms with Gasteiger partial charge in [0.25, 0.3) is 9.05 Å². The van der Waals surface area contributed by atoms with Gasteiger partial charge in [-0.05, 0) is 56.8 Å². The van der Waals surface area contributed by atoms with E-state index in [1.807, 2.05) is 6.08 Å². The number of halogens is 3. The Morgan fingerprint density at radius 2 is 1.89 bits per heavy atom. The molecule has 0 bridgehead atoms. The standard InChI is InChI=1S/C11H11Br2ClO3S/c1-2-3-4-5-17-11-9(12)6-8(7-10(11)13)18(14,15)16/h2,6-7H,1,3-5H2. The SMILES string of the molecule is C=CCCCOc1c(Br)cc(S(=O)(=O)Cl)cc1Br. The molecule has 3 nitrogen and oxygen atoms in total. The summed E-state index contributed by atoms with van der Waals surface area (Å²) in [5.74, 6) is 0.558. The summed E-state index contributed by atoms with van der Waals surface area (Å²) in [5, 5.41) is 0. The molecule has 1 rings (SSSR count). The van der Waals surface area contributed by atoms with Crippen molar-refractivity contribution in [3.8, 4) is 5.75 Å². The predicted octanol–water partition coefficient (Wildman–Crippen LogP) is 4.48. The molecule has 0 aromatic heterocycles. The van der Waals surface area contributed by atoms with Crippen molar-refractivity contribution in [3.63, 3.8) is 0 Å². The lowest BCUT2D eigenvalue weighted by atomic mass is 10.3. The molecular formula is C11H11Br2ClO3S. The van der Waals surface area contributed by atoms with Crippen LogP contribution in [0.1, 0.15) is 12.8 Å². The highest BCUT2D eigenvalue weighted by molar-refractivity contribution is 9.11. The monoisotopic (exact) mass is 416 g/mol. The Labute approximate surface area is 128 Å². The van der Waals surface area contributed by atoms with E-state index in [-0.39, 0.29) is 4.90 Å². The van der Waals surface area contributed by atoms with E-state index in [4.69, 9.17) is 15.4 Å². The zero-order chi connectivity index (χ0) is 13.8. The van der Waals surface area contributed by atoms with Gasteiger partial charge in [0, 0.05) is 10.7 Å². The molecule has 0 radical (unpaired) electrons. The van der Waals surface area contributed by atoms with Crippen molar-refractivity contribution in [2.75, 3.05) is 6.61 Å². The van der Waals surface area contributed by atoms with E-state index >= 15 is 0 Å². The second kappa shape index (κ2) is 6.93. The van der Waals surface area contributed by atoms with E-state index in [0.29, 0.717) is 21.3 Å². The average Bonchev–Trinajstić information content (AvgIpc) is 2.25. The van der Waals surface area contributed by atoms with Crippen molar-refractivity contribution in [3.05, 3.63) is 33.7 Å².